The molecule has 1 atom stereocenters. The van der Waals surface area contributed by atoms with Crippen LogP contribution < -0.4 is 5.32 Å². The molecule has 3 rings (SSSR count). The Balaban J connectivity index is 1.63. The maximum atomic E-state index is 12.4. The van der Waals surface area contributed by atoms with E-state index in [0.29, 0.717) is 35.9 Å². The maximum Gasteiger partial charge on any atom is 0.319 e. The summed E-state index contributed by atoms with van der Waals surface area (Å²) in [6, 6.07) is 6.87. The van der Waals surface area contributed by atoms with Crippen molar-refractivity contribution in [3.8, 4) is 0 Å². The lowest BCUT2D eigenvalue weighted by Crippen LogP contribution is -2.53. The van der Waals surface area contributed by atoms with Gasteiger partial charge in [-0.2, -0.15) is 0 Å². The summed E-state index contributed by atoms with van der Waals surface area (Å²) in [7, 11) is 3.44. The minimum absolute atomic E-state index is 0.0560. The number of carbonyl (C=O) groups excluding carboxylic acids is 2. The molecular formula is C17H21ClN4O3. The molecule has 2 aliphatic heterocycles. The van der Waals surface area contributed by atoms with E-state index in [1.165, 1.54) is 0 Å². The van der Waals surface area contributed by atoms with Gasteiger partial charge in [0.05, 0.1) is 6.54 Å². The highest BCUT2D eigenvalue weighted by Gasteiger charge is 2.45. The van der Waals surface area contributed by atoms with Crippen molar-refractivity contribution in [2.24, 2.45) is 5.16 Å². The van der Waals surface area contributed by atoms with Crippen molar-refractivity contribution >= 4 is 34.9 Å². The predicted molar refractivity (Wildman–Crippen MR) is 95.8 cm³/mol. The van der Waals surface area contributed by atoms with Gasteiger partial charge in [-0.1, -0.05) is 22.8 Å². The summed E-state index contributed by atoms with van der Waals surface area (Å²) in [5.41, 5.74) is 0.332. The summed E-state index contributed by atoms with van der Waals surface area (Å²) >= 11 is 5.93. The normalized spacial score (nSPS) is 22.4. The molecule has 8 heteroatoms. The second kappa shape index (κ2) is 6.92. The third-order valence-corrected chi connectivity index (χ3v) is 4.61. The van der Waals surface area contributed by atoms with E-state index in [0.717, 1.165) is 12.8 Å². The predicted octanol–water partition coefficient (Wildman–Crippen LogP) is 2.57. The van der Waals surface area contributed by atoms with Crippen LogP contribution in [0, 0.1) is 0 Å². The van der Waals surface area contributed by atoms with Gasteiger partial charge >= 0.3 is 6.03 Å². The van der Waals surface area contributed by atoms with Crippen LogP contribution in [-0.4, -0.2) is 60.2 Å². The Morgan fingerprint density at radius 3 is 2.92 bits per heavy atom. The summed E-state index contributed by atoms with van der Waals surface area (Å²) in [5.74, 6) is -0.310. The number of benzene rings is 1. The van der Waals surface area contributed by atoms with Crippen LogP contribution in [0.2, 0.25) is 5.02 Å². The number of hydrogen-bond acceptors (Lipinski definition) is 4. The van der Waals surface area contributed by atoms with Crippen LogP contribution in [0.15, 0.2) is 29.4 Å². The van der Waals surface area contributed by atoms with E-state index in [1.807, 2.05) is 0 Å². The SMILES string of the molecule is CN(C)C(=O)N1CCCC2(CC(C(=O)Nc3cccc(Cl)c3)=NO2)C1. The van der Waals surface area contributed by atoms with E-state index < -0.39 is 5.60 Å². The first-order valence-corrected chi connectivity index (χ1v) is 8.55. The quantitative estimate of drug-likeness (QED) is 0.876. The molecule has 1 aromatic carbocycles. The van der Waals surface area contributed by atoms with Crippen LogP contribution in [0.3, 0.4) is 0 Å². The second-order valence-electron chi connectivity index (χ2n) is 6.66. The van der Waals surface area contributed by atoms with Gasteiger partial charge < -0.3 is 20.0 Å². The van der Waals surface area contributed by atoms with Crippen LogP contribution in [0.5, 0.6) is 0 Å². The first kappa shape index (κ1) is 17.5. The smallest absolute Gasteiger partial charge is 0.319 e. The number of piperidine rings is 1. The Kier molecular flexibility index (Phi) is 4.85. The molecule has 7 nitrogen and oxygen atoms in total. The number of carbonyl (C=O) groups is 2. The molecule has 2 aliphatic rings. The fourth-order valence-corrected chi connectivity index (χ4v) is 3.37. The highest BCUT2D eigenvalue weighted by atomic mass is 35.5. The van der Waals surface area contributed by atoms with E-state index in [2.05, 4.69) is 10.5 Å². The molecule has 0 aliphatic carbocycles. The highest BCUT2D eigenvalue weighted by molar-refractivity contribution is 6.43. The molecule has 1 N–H and O–H groups in total. The third kappa shape index (κ3) is 3.87. The molecule has 1 aromatic rings. The summed E-state index contributed by atoms with van der Waals surface area (Å²) in [6.07, 6.45) is 1.97. The molecule has 1 spiro atoms. The molecule has 0 saturated carbocycles. The number of hydrogen-bond donors (Lipinski definition) is 1. The minimum atomic E-state index is -0.606. The lowest BCUT2D eigenvalue weighted by Gasteiger charge is -2.39. The van der Waals surface area contributed by atoms with Crippen molar-refractivity contribution in [3.63, 3.8) is 0 Å². The Bertz CT molecular complexity index is 722. The Labute approximate surface area is 151 Å². The summed E-state index contributed by atoms with van der Waals surface area (Å²) < 4.78 is 0. The van der Waals surface area contributed by atoms with Crippen LogP contribution in [0.1, 0.15) is 19.3 Å². The van der Waals surface area contributed by atoms with Crippen molar-refractivity contribution in [1.29, 1.82) is 0 Å². The molecule has 2 heterocycles. The number of likely N-dealkylation sites (tertiary alicyclic amines) is 1. The lowest BCUT2D eigenvalue weighted by molar-refractivity contribution is -0.110. The number of nitrogens with one attached hydrogen (secondary N) is 1. The molecule has 1 saturated heterocycles. The Morgan fingerprint density at radius 2 is 2.20 bits per heavy atom. The van der Waals surface area contributed by atoms with Crippen LogP contribution >= 0.6 is 11.6 Å². The zero-order valence-electron chi connectivity index (χ0n) is 14.3. The molecule has 1 fully saturated rings. The van der Waals surface area contributed by atoms with Gasteiger partial charge in [0.25, 0.3) is 5.91 Å². The fourth-order valence-electron chi connectivity index (χ4n) is 3.18. The molecule has 25 heavy (non-hydrogen) atoms. The van der Waals surface area contributed by atoms with Crippen molar-refractivity contribution in [3.05, 3.63) is 29.3 Å². The van der Waals surface area contributed by atoms with E-state index in [-0.39, 0.29) is 11.9 Å². The third-order valence-electron chi connectivity index (χ3n) is 4.38. The van der Waals surface area contributed by atoms with Crippen molar-refractivity contribution in [1.82, 2.24) is 9.80 Å². The molecule has 134 valence electrons. The monoisotopic (exact) mass is 364 g/mol. The average Bonchev–Trinajstić information content (AvgIpc) is 2.97. The van der Waals surface area contributed by atoms with Gasteiger partial charge in [-0.05, 0) is 31.0 Å². The van der Waals surface area contributed by atoms with Gasteiger partial charge in [-0.3, -0.25) is 4.79 Å². The molecule has 3 amide bonds. The van der Waals surface area contributed by atoms with Gasteiger partial charge in [0.2, 0.25) is 0 Å². The van der Waals surface area contributed by atoms with Gasteiger partial charge in [-0.15, -0.1) is 0 Å². The first-order chi connectivity index (χ1) is 11.9. The molecule has 0 bridgehead atoms. The van der Waals surface area contributed by atoms with Gasteiger partial charge in [-0.25, -0.2) is 4.79 Å². The van der Waals surface area contributed by atoms with Crippen LogP contribution in [-0.2, 0) is 9.63 Å². The van der Waals surface area contributed by atoms with Gasteiger partial charge in [0.15, 0.2) is 5.60 Å². The topological polar surface area (TPSA) is 74.2 Å². The summed E-state index contributed by atoms with van der Waals surface area (Å²) in [5, 5.41) is 7.31. The van der Waals surface area contributed by atoms with E-state index in [4.69, 9.17) is 16.4 Å². The fraction of sp³-hybridized carbons (Fsp3) is 0.471. The number of oxime groups is 1. The summed E-state index contributed by atoms with van der Waals surface area (Å²) in [4.78, 5) is 33.5. The highest BCUT2D eigenvalue weighted by Crippen LogP contribution is 2.34. The number of rotatable bonds is 2. The number of urea groups is 1. The van der Waals surface area contributed by atoms with Crippen molar-refractivity contribution in [2.75, 3.05) is 32.5 Å². The number of anilines is 1. The Hall–Kier alpha value is -2.28. The average molecular weight is 365 g/mol. The number of amides is 3. The largest absolute Gasteiger partial charge is 0.386 e. The lowest BCUT2D eigenvalue weighted by atomic mass is 9.88. The molecule has 1 unspecified atom stereocenters. The summed E-state index contributed by atoms with van der Waals surface area (Å²) in [6.45, 7) is 1.12. The van der Waals surface area contributed by atoms with Crippen molar-refractivity contribution in [2.45, 2.75) is 24.9 Å². The van der Waals surface area contributed by atoms with E-state index >= 15 is 0 Å². The number of nitrogens with zero attached hydrogens (tertiary/aromatic N) is 3. The zero-order chi connectivity index (χ0) is 18.0. The molecule has 0 radical (unpaired) electrons. The minimum Gasteiger partial charge on any atom is -0.386 e. The standard InChI is InChI=1S/C17H21ClN4O3/c1-21(2)16(24)22-8-4-7-17(11-22)10-14(20-25-17)15(23)19-13-6-3-5-12(18)9-13/h3,5-6,9H,4,7-8,10-11H2,1-2H3,(H,19,23). The molecule has 0 aromatic heterocycles. The van der Waals surface area contributed by atoms with Gasteiger partial charge in [0, 0.05) is 37.8 Å². The van der Waals surface area contributed by atoms with Crippen molar-refractivity contribution < 1.29 is 14.4 Å². The number of halogens is 1. The Morgan fingerprint density at radius 1 is 1.40 bits per heavy atom. The maximum absolute atomic E-state index is 12.4. The van der Waals surface area contributed by atoms with Gasteiger partial charge in [0.1, 0.15) is 5.71 Å². The molecular weight excluding hydrogens is 344 g/mol. The first-order valence-electron chi connectivity index (χ1n) is 8.17. The second-order valence-corrected chi connectivity index (χ2v) is 7.09. The van der Waals surface area contributed by atoms with E-state index in [9.17, 15) is 9.59 Å². The van der Waals surface area contributed by atoms with Crippen LogP contribution in [0.25, 0.3) is 0 Å². The van der Waals surface area contributed by atoms with Crippen LogP contribution in [0.4, 0.5) is 10.5 Å². The zero-order valence-corrected chi connectivity index (χ0v) is 15.0. The van der Waals surface area contributed by atoms with E-state index in [1.54, 1.807) is 48.2 Å².